The van der Waals surface area contributed by atoms with Crippen molar-refractivity contribution in [3.05, 3.63) is 47.6 Å². The Balaban J connectivity index is 2.07. The number of carbonyl (C=O) groups is 1. The average molecular weight is 386 g/mol. The molecule has 4 heteroatoms. The van der Waals surface area contributed by atoms with Gasteiger partial charge in [-0.25, -0.2) is 4.79 Å². The minimum atomic E-state index is -0.483. The van der Waals surface area contributed by atoms with E-state index in [0.29, 0.717) is 12.5 Å². The lowest BCUT2D eigenvalue weighted by molar-refractivity contribution is 0.0297. The zero-order valence-corrected chi connectivity index (χ0v) is 18.2. The first-order valence-corrected chi connectivity index (χ1v) is 10.1. The van der Waals surface area contributed by atoms with Gasteiger partial charge in [-0.1, -0.05) is 37.8 Å². The van der Waals surface area contributed by atoms with E-state index < -0.39 is 5.60 Å². The summed E-state index contributed by atoms with van der Waals surface area (Å²) >= 11 is 0. The van der Waals surface area contributed by atoms with Crippen LogP contribution in [0.5, 0.6) is 5.75 Å². The van der Waals surface area contributed by atoms with Crippen LogP contribution in [0.25, 0.3) is 6.08 Å². The Morgan fingerprint density at radius 1 is 1.36 bits per heavy atom. The first-order chi connectivity index (χ1) is 13.1. The molecule has 0 saturated carbocycles. The van der Waals surface area contributed by atoms with Gasteiger partial charge in [-0.3, -0.25) is 0 Å². The first-order valence-electron chi connectivity index (χ1n) is 10.1. The van der Waals surface area contributed by atoms with Crippen LogP contribution >= 0.6 is 0 Å². The minimum Gasteiger partial charge on any atom is -0.486 e. The predicted molar refractivity (Wildman–Crippen MR) is 116 cm³/mol. The third-order valence-electron chi connectivity index (χ3n) is 5.05. The van der Waals surface area contributed by atoms with E-state index in [1.807, 2.05) is 39.0 Å². The van der Waals surface area contributed by atoms with Crippen LogP contribution in [0.3, 0.4) is 0 Å². The van der Waals surface area contributed by atoms with Crippen molar-refractivity contribution in [2.24, 2.45) is 5.92 Å². The maximum Gasteiger partial charge on any atom is 0.410 e. The topological polar surface area (TPSA) is 38.8 Å². The van der Waals surface area contributed by atoms with E-state index in [0.717, 1.165) is 36.1 Å². The van der Waals surface area contributed by atoms with Crippen molar-refractivity contribution in [2.45, 2.75) is 65.6 Å². The molecule has 1 amide bonds. The summed E-state index contributed by atoms with van der Waals surface area (Å²) in [7, 11) is 1.79. The molecule has 0 saturated heterocycles. The molecule has 0 bridgehead atoms. The molecule has 0 aromatic heterocycles. The van der Waals surface area contributed by atoms with Crippen molar-refractivity contribution in [2.75, 3.05) is 13.6 Å². The van der Waals surface area contributed by atoms with Crippen molar-refractivity contribution >= 4 is 12.2 Å². The minimum absolute atomic E-state index is 0.0274. The molecule has 0 fully saturated rings. The number of hydrogen-bond acceptors (Lipinski definition) is 3. The van der Waals surface area contributed by atoms with E-state index in [-0.39, 0.29) is 12.2 Å². The highest BCUT2D eigenvalue weighted by Crippen LogP contribution is 2.32. The highest BCUT2D eigenvalue weighted by molar-refractivity contribution is 5.67. The standard InChI is InChI=1S/C24H35NO3/c1-8-19-13-12-17(2)21(16-19)27-22-18(3)10-9-11-20(22)14-15-25(7)23(26)28-24(4,5)6/h8,11-13,16,18,22H,1,9-10,14-15H2,2-7H3/t18-,22+/m0/s1. The number of amides is 1. The van der Waals surface area contributed by atoms with E-state index in [4.69, 9.17) is 9.47 Å². The van der Waals surface area contributed by atoms with Gasteiger partial charge >= 0.3 is 6.09 Å². The number of ether oxygens (including phenoxy) is 2. The molecule has 1 aromatic rings. The van der Waals surface area contributed by atoms with E-state index in [9.17, 15) is 4.79 Å². The molecule has 2 atom stereocenters. The Morgan fingerprint density at radius 3 is 2.71 bits per heavy atom. The maximum absolute atomic E-state index is 12.2. The molecular formula is C24H35NO3. The van der Waals surface area contributed by atoms with Gasteiger partial charge in [0.2, 0.25) is 0 Å². The smallest absolute Gasteiger partial charge is 0.410 e. The molecule has 2 rings (SSSR count). The molecule has 154 valence electrons. The summed E-state index contributed by atoms with van der Waals surface area (Å²) in [5.74, 6) is 1.33. The molecule has 28 heavy (non-hydrogen) atoms. The van der Waals surface area contributed by atoms with Crippen LogP contribution in [0.2, 0.25) is 0 Å². The molecule has 0 heterocycles. The highest BCUT2D eigenvalue weighted by Gasteiger charge is 2.28. The van der Waals surface area contributed by atoms with Gasteiger partial charge in [-0.2, -0.15) is 0 Å². The summed E-state index contributed by atoms with van der Waals surface area (Å²) in [5, 5.41) is 0. The molecule has 0 unspecified atom stereocenters. The molecular weight excluding hydrogens is 350 g/mol. The Bertz CT molecular complexity index is 730. The van der Waals surface area contributed by atoms with Crippen LogP contribution in [-0.2, 0) is 4.74 Å². The lowest BCUT2D eigenvalue weighted by Crippen LogP contribution is -2.36. The number of allylic oxidation sites excluding steroid dienone is 1. The largest absolute Gasteiger partial charge is 0.486 e. The first kappa shape index (κ1) is 22.1. The number of rotatable bonds is 6. The van der Waals surface area contributed by atoms with Crippen molar-refractivity contribution in [3.8, 4) is 5.75 Å². The van der Waals surface area contributed by atoms with Crippen LogP contribution in [0.4, 0.5) is 4.79 Å². The lowest BCUT2D eigenvalue weighted by atomic mass is 9.85. The molecule has 0 spiro atoms. The summed E-state index contributed by atoms with van der Waals surface area (Å²) in [4.78, 5) is 13.9. The van der Waals surface area contributed by atoms with E-state index >= 15 is 0 Å². The van der Waals surface area contributed by atoms with Crippen molar-refractivity contribution in [1.82, 2.24) is 4.90 Å². The third kappa shape index (κ3) is 6.15. The van der Waals surface area contributed by atoms with Gasteiger partial charge in [0.05, 0.1) is 0 Å². The van der Waals surface area contributed by atoms with Gasteiger partial charge in [0, 0.05) is 13.6 Å². The molecule has 4 nitrogen and oxygen atoms in total. The lowest BCUT2D eigenvalue weighted by Gasteiger charge is -2.32. The fourth-order valence-corrected chi connectivity index (χ4v) is 3.34. The van der Waals surface area contributed by atoms with Crippen molar-refractivity contribution in [3.63, 3.8) is 0 Å². The molecule has 1 aliphatic rings. The fourth-order valence-electron chi connectivity index (χ4n) is 3.34. The Kier molecular flexibility index (Phi) is 7.34. The summed E-state index contributed by atoms with van der Waals surface area (Å²) in [6.45, 7) is 14.4. The predicted octanol–water partition coefficient (Wildman–Crippen LogP) is 6.00. The van der Waals surface area contributed by atoms with Gasteiger partial charge in [0.15, 0.2) is 0 Å². The van der Waals surface area contributed by atoms with Gasteiger partial charge in [-0.05, 0) is 75.6 Å². The monoisotopic (exact) mass is 385 g/mol. The van der Waals surface area contributed by atoms with Gasteiger partial charge < -0.3 is 14.4 Å². The summed E-state index contributed by atoms with van der Waals surface area (Å²) in [6, 6.07) is 6.17. The van der Waals surface area contributed by atoms with E-state index in [1.165, 1.54) is 5.57 Å². The maximum atomic E-state index is 12.2. The Morgan fingerprint density at radius 2 is 2.07 bits per heavy atom. The molecule has 0 radical (unpaired) electrons. The molecule has 1 aliphatic carbocycles. The second-order valence-corrected chi connectivity index (χ2v) is 8.75. The normalized spacial score (nSPS) is 19.6. The molecule has 0 N–H and O–H groups in total. The zero-order valence-electron chi connectivity index (χ0n) is 18.2. The Labute approximate surface area is 170 Å². The fraction of sp³-hybridized carbons (Fsp3) is 0.542. The Hall–Kier alpha value is -2.23. The van der Waals surface area contributed by atoms with Gasteiger partial charge in [0.1, 0.15) is 17.5 Å². The summed E-state index contributed by atoms with van der Waals surface area (Å²) in [6.07, 6.45) is 6.80. The second kappa shape index (κ2) is 9.31. The van der Waals surface area contributed by atoms with Gasteiger partial charge in [0.25, 0.3) is 0 Å². The van der Waals surface area contributed by atoms with Crippen LogP contribution in [0, 0.1) is 12.8 Å². The molecule has 0 aliphatic heterocycles. The molecule has 1 aromatic carbocycles. The van der Waals surface area contributed by atoms with Gasteiger partial charge in [-0.15, -0.1) is 0 Å². The highest BCUT2D eigenvalue weighted by atomic mass is 16.6. The second-order valence-electron chi connectivity index (χ2n) is 8.75. The van der Waals surface area contributed by atoms with Crippen molar-refractivity contribution in [1.29, 1.82) is 0 Å². The van der Waals surface area contributed by atoms with Crippen molar-refractivity contribution < 1.29 is 14.3 Å². The van der Waals surface area contributed by atoms with Crippen LogP contribution in [-0.4, -0.2) is 36.3 Å². The van der Waals surface area contributed by atoms with Crippen LogP contribution < -0.4 is 4.74 Å². The van der Waals surface area contributed by atoms with Crippen LogP contribution in [0.15, 0.2) is 36.4 Å². The number of benzene rings is 1. The SMILES string of the molecule is C=Cc1ccc(C)c(O[C@H]2C(CCN(C)C(=O)OC(C)(C)C)=CCC[C@@H]2C)c1. The third-order valence-corrected chi connectivity index (χ3v) is 5.05. The number of hydrogen-bond donors (Lipinski definition) is 0. The number of carbonyl (C=O) groups excluding carboxylic acids is 1. The number of nitrogens with zero attached hydrogens (tertiary/aromatic N) is 1. The average Bonchev–Trinajstić information content (AvgIpc) is 2.62. The zero-order chi connectivity index (χ0) is 20.9. The van der Waals surface area contributed by atoms with E-state index in [1.54, 1.807) is 11.9 Å². The summed E-state index contributed by atoms with van der Waals surface area (Å²) in [5.41, 5.74) is 2.95. The van der Waals surface area contributed by atoms with Crippen LogP contribution in [0.1, 0.15) is 58.1 Å². The number of aryl methyl sites for hydroxylation is 1. The van der Waals surface area contributed by atoms with E-state index in [2.05, 4.69) is 32.6 Å². The quantitative estimate of drug-likeness (QED) is 0.564. The summed E-state index contributed by atoms with van der Waals surface area (Å²) < 4.78 is 11.9.